The molecule has 3 aromatic rings. The van der Waals surface area contributed by atoms with Gasteiger partial charge in [-0.15, -0.1) is 0 Å². The minimum Gasteiger partial charge on any atom is -0.408 e. The first-order valence-corrected chi connectivity index (χ1v) is 6.78. The van der Waals surface area contributed by atoms with E-state index >= 15 is 0 Å². The van der Waals surface area contributed by atoms with Crippen LogP contribution in [0, 0.1) is 15.9 Å². The molecule has 0 aliphatic carbocycles. The van der Waals surface area contributed by atoms with E-state index in [1.807, 2.05) is 0 Å². The molecule has 0 saturated carbocycles. The van der Waals surface area contributed by atoms with Gasteiger partial charge < -0.3 is 9.73 Å². The van der Waals surface area contributed by atoms with Crippen molar-refractivity contribution in [2.75, 3.05) is 5.32 Å². The Hall–Kier alpha value is -3.49. The lowest BCUT2D eigenvalue weighted by Gasteiger charge is -2.06. The predicted octanol–water partition coefficient (Wildman–Crippen LogP) is 2.28. The zero-order valence-electron chi connectivity index (χ0n) is 12.1. The van der Waals surface area contributed by atoms with Gasteiger partial charge in [0.25, 0.3) is 5.69 Å². The second-order valence-electron chi connectivity index (χ2n) is 4.89. The quantitative estimate of drug-likeness (QED) is 0.583. The molecule has 2 aromatic carbocycles. The Balaban J connectivity index is 1.86. The lowest BCUT2D eigenvalue weighted by molar-refractivity contribution is -0.384. The molecule has 24 heavy (non-hydrogen) atoms. The highest BCUT2D eigenvalue weighted by molar-refractivity contribution is 5.91. The summed E-state index contributed by atoms with van der Waals surface area (Å²) in [7, 11) is 0. The molecule has 0 atom stereocenters. The number of carbonyl (C=O) groups is 1. The summed E-state index contributed by atoms with van der Waals surface area (Å²) >= 11 is 0. The van der Waals surface area contributed by atoms with Gasteiger partial charge >= 0.3 is 5.76 Å². The molecule has 0 radical (unpaired) electrons. The topological polar surface area (TPSA) is 107 Å². The van der Waals surface area contributed by atoms with Gasteiger partial charge in [0.1, 0.15) is 12.4 Å². The summed E-state index contributed by atoms with van der Waals surface area (Å²) in [5.74, 6) is -2.27. The van der Waals surface area contributed by atoms with Crippen LogP contribution in [0.2, 0.25) is 0 Å². The zero-order valence-corrected chi connectivity index (χ0v) is 12.1. The minimum absolute atomic E-state index is 0.317. The summed E-state index contributed by atoms with van der Waals surface area (Å²) in [4.78, 5) is 33.9. The number of hydrogen-bond donors (Lipinski definition) is 1. The summed E-state index contributed by atoms with van der Waals surface area (Å²) in [5, 5.41) is 12.9. The average molecular weight is 331 g/mol. The van der Waals surface area contributed by atoms with Crippen molar-refractivity contribution in [2.45, 2.75) is 6.54 Å². The third-order valence-electron chi connectivity index (χ3n) is 3.31. The molecule has 0 spiro atoms. The largest absolute Gasteiger partial charge is 0.420 e. The lowest BCUT2D eigenvalue weighted by Crippen LogP contribution is -2.25. The first-order valence-electron chi connectivity index (χ1n) is 6.78. The molecular weight excluding hydrogens is 321 g/mol. The van der Waals surface area contributed by atoms with E-state index in [1.54, 1.807) is 24.3 Å². The molecule has 1 heterocycles. The number of nitrogens with zero attached hydrogens (tertiary/aromatic N) is 2. The van der Waals surface area contributed by atoms with E-state index in [4.69, 9.17) is 4.42 Å². The second kappa shape index (κ2) is 5.95. The molecule has 0 bridgehead atoms. The monoisotopic (exact) mass is 331 g/mol. The third kappa shape index (κ3) is 2.86. The van der Waals surface area contributed by atoms with Gasteiger partial charge in [0.2, 0.25) is 5.91 Å². The van der Waals surface area contributed by atoms with Crippen LogP contribution in [-0.4, -0.2) is 15.4 Å². The van der Waals surface area contributed by atoms with Gasteiger partial charge in [-0.1, -0.05) is 12.1 Å². The average Bonchev–Trinajstić information content (AvgIpc) is 2.85. The number of nitrogens with one attached hydrogen (secondary N) is 1. The van der Waals surface area contributed by atoms with E-state index in [2.05, 4.69) is 5.32 Å². The van der Waals surface area contributed by atoms with Crippen LogP contribution in [0.5, 0.6) is 0 Å². The number of oxazole rings is 1. The van der Waals surface area contributed by atoms with E-state index in [-0.39, 0.29) is 11.4 Å². The van der Waals surface area contributed by atoms with E-state index in [0.29, 0.717) is 11.1 Å². The first kappa shape index (κ1) is 15.4. The molecule has 0 saturated heterocycles. The van der Waals surface area contributed by atoms with Crippen molar-refractivity contribution in [3.05, 3.63) is 68.9 Å². The summed E-state index contributed by atoms with van der Waals surface area (Å²) in [6, 6.07) is 9.29. The van der Waals surface area contributed by atoms with Gasteiger partial charge in [-0.25, -0.2) is 9.18 Å². The molecule has 1 amide bonds. The van der Waals surface area contributed by atoms with Crippen LogP contribution in [0.3, 0.4) is 0 Å². The maximum Gasteiger partial charge on any atom is 0.420 e. The Morgan fingerprint density at radius 3 is 2.79 bits per heavy atom. The van der Waals surface area contributed by atoms with Crippen LogP contribution in [-0.2, 0) is 11.3 Å². The number of carbonyl (C=O) groups excluding carboxylic acids is 1. The Kier molecular flexibility index (Phi) is 3.82. The van der Waals surface area contributed by atoms with Crippen LogP contribution in [0.25, 0.3) is 11.1 Å². The zero-order chi connectivity index (χ0) is 17.3. The van der Waals surface area contributed by atoms with Crippen LogP contribution < -0.4 is 11.1 Å². The number of rotatable bonds is 4. The van der Waals surface area contributed by atoms with Crippen LogP contribution in [0.4, 0.5) is 15.8 Å². The van der Waals surface area contributed by atoms with Crippen molar-refractivity contribution < 1.29 is 18.5 Å². The molecule has 0 aliphatic heterocycles. The molecule has 8 nitrogen and oxygen atoms in total. The number of fused-ring (bicyclic) bond motifs is 1. The van der Waals surface area contributed by atoms with Gasteiger partial charge in [-0.3, -0.25) is 19.5 Å². The second-order valence-corrected chi connectivity index (χ2v) is 4.89. The Morgan fingerprint density at radius 2 is 2.04 bits per heavy atom. The smallest absolute Gasteiger partial charge is 0.408 e. The highest BCUT2D eigenvalue weighted by Crippen LogP contribution is 2.21. The number of nitro benzene ring substituents is 1. The number of para-hydroxylation sites is 2. The normalized spacial score (nSPS) is 10.7. The highest BCUT2D eigenvalue weighted by Gasteiger charge is 2.16. The summed E-state index contributed by atoms with van der Waals surface area (Å²) in [6.07, 6.45) is 0. The van der Waals surface area contributed by atoms with Crippen molar-refractivity contribution in [3.8, 4) is 0 Å². The number of nitro groups is 1. The standard InChI is InChI=1S/C15H10FN3O5/c16-10-6-5-9(19(22)23)7-11(10)17-14(20)8-18-12-3-1-2-4-13(12)24-15(18)21/h1-7H,8H2,(H,17,20). The van der Waals surface area contributed by atoms with Gasteiger partial charge in [0.15, 0.2) is 5.58 Å². The highest BCUT2D eigenvalue weighted by atomic mass is 19.1. The summed E-state index contributed by atoms with van der Waals surface area (Å²) in [5.41, 5.74) is 0.0293. The molecule has 122 valence electrons. The Morgan fingerprint density at radius 1 is 1.29 bits per heavy atom. The first-order chi connectivity index (χ1) is 11.5. The Labute approximate surface area is 133 Å². The van der Waals surface area contributed by atoms with Gasteiger partial charge in [0.05, 0.1) is 16.1 Å². The Bertz CT molecular complexity index is 1010. The summed E-state index contributed by atoms with van der Waals surface area (Å²) in [6.45, 7) is -0.419. The van der Waals surface area contributed by atoms with Crippen molar-refractivity contribution in [1.82, 2.24) is 4.57 Å². The lowest BCUT2D eigenvalue weighted by atomic mass is 10.2. The van der Waals surface area contributed by atoms with E-state index in [1.165, 1.54) is 0 Å². The molecule has 9 heteroatoms. The number of anilines is 1. The van der Waals surface area contributed by atoms with E-state index in [9.17, 15) is 24.1 Å². The minimum atomic E-state index is -0.821. The van der Waals surface area contributed by atoms with Crippen molar-refractivity contribution in [1.29, 1.82) is 0 Å². The fourth-order valence-electron chi connectivity index (χ4n) is 2.22. The SMILES string of the molecule is O=C(Cn1c(=O)oc2ccccc21)Nc1cc([N+](=O)[O-])ccc1F. The van der Waals surface area contributed by atoms with Crippen LogP contribution in [0.1, 0.15) is 0 Å². The van der Waals surface area contributed by atoms with Crippen LogP contribution >= 0.6 is 0 Å². The number of hydrogen-bond acceptors (Lipinski definition) is 5. The van der Waals surface area contributed by atoms with Crippen molar-refractivity contribution >= 4 is 28.4 Å². The van der Waals surface area contributed by atoms with E-state index < -0.39 is 28.9 Å². The molecule has 1 N–H and O–H groups in total. The van der Waals surface area contributed by atoms with Crippen molar-refractivity contribution in [3.63, 3.8) is 0 Å². The van der Waals surface area contributed by atoms with Gasteiger partial charge in [0, 0.05) is 12.1 Å². The molecular formula is C15H10FN3O5. The summed E-state index contributed by atoms with van der Waals surface area (Å²) < 4.78 is 19.8. The molecule has 1 aromatic heterocycles. The van der Waals surface area contributed by atoms with Gasteiger partial charge in [-0.05, 0) is 18.2 Å². The number of halogens is 1. The van der Waals surface area contributed by atoms with Crippen LogP contribution in [0.15, 0.2) is 51.7 Å². The van der Waals surface area contributed by atoms with E-state index in [0.717, 1.165) is 22.8 Å². The predicted molar refractivity (Wildman–Crippen MR) is 82.2 cm³/mol. The fraction of sp³-hybridized carbons (Fsp3) is 0.0667. The molecule has 0 unspecified atom stereocenters. The number of amides is 1. The third-order valence-corrected chi connectivity index (χ3v) is 3.31. The fourth-order valence-corrected chi connectivity index (χ4v) is 2.22. The molecule has 0 fully saturated rings. The number of benzene rings is 2. The molecule has 3 rings (SSSR count). The number of non-ortho nitro benzene ring substituents is 1. The van der Waals surface area contributed by atoms with Crippen molar-refractivity contribution in [2.24, 2.45) is 0 Å². The maximum absolute atomic E-state index is 13.7. The molecule has 0 aliphatic rings. The van der Waals surface area contributed by atoms with Gasteiger partial charge in [-0.2, -0.15) is 0 Å². The number of aromatic nitrogens is 1. The maximum atomic E-state index is 13.7.